The molecule has 2 heterocycles. The van der Waals surface area contributed by atoms with Crippen molar-refractivity contribution in [3.05, 3.63) is 95.1 Å². The maximum atomic E-state index is 13.9. The van der Waals surface area contributed by atoms with Gasteiger partial charge in [0.25, 0.3) is 5.91 Å². The van der Waals surface area contributed by atoms with E-state index in [9.17, 15) is 9.59 Å². The van der Waals surface area contributed by atoms with Gasteiger partial charge in [0.2, 0.25) is 5.91 Å². The molecular weight excluding hydrogens is 484 g/mol. The van der Waals surface area contributed by atoms with Crippen LogP contribution in [0.25, 0.3) is 22.2 Å². The lowest BCUT2D eigenvalue weighted by Gasteiger charge is -2.31. The molecule has 6 nitrogen and oxygen atoms in total. The second kappa shape index (κ2) is 11.5. The van der Waals surface area contributed by atoms with Crippen LogP contribution in [0.2, 0.25) is 0 Å². The molecule has 39 heavy (non-hydrogen) atoms. The summed E-state index contributed by atoms with van der Waals surface area (Å²) in [4.78, 5) is 35.1. The second-order valence-corrected chi connectivity index (χ2v) is 10.4. The van der Waals surface area contributed by atoms with Gasteiger partial charge in [-0.3, -0.25) is 9.59 Å². The molecule has 3 aromatic carbocycles. The minimum absolute atomic E-state index is 0.110. The molecule has 0 fully saturated rings. The highest BCUT2D eigenvalue weighted by Crippen LogP contribution is 2.46. The number of fused-ring (bicyclic) bond motifs is 2. The summed E-state index contributed by atoms with van der Waals surface area (Å²) in [5.74, 6) is -0.237. The third kappa shape index (κ3) is 5.09. The van der Waals surface area contributed by atoms with Gasteiger partial charge in [0.1, 0.15) is 6.04 Å². The van der Waals surface area contributed by atoms with Gasteiger partial charge in [0.15, 0.2) is 0 Å². The van der Waals surface area contributed by atoms with Crippen molar-refractivity contribution < 1.29 is 9.59 Å². The Hall–Kier alpha value is -3.90. The molecule has 2 atom stereocenters. The summed E-state index contributed by atoms with van der Waals surface area (Å²) in [6, 6.07) is 23.4. The van der Waals surface area contributed by atoms with E-state index in [2.05, 4.69) is 72.4 Å². The first kappa shape index (κ1) is 26.7. The molecule has 0 aliphatic carbocycles. The van der Waals surface area contributed by atoms with E-state index in [0.717, 1.165) is 59.3 Å². The van der Waals surface area contributed by atoms with Crippen molar-refractivity contribution in [2.45, 2.75) is 46.2 Å². The Morgan fingerprint density at radius 2 is 1.69 bits per heavy atom. The third-order valence-electron chi connectivity index (χ3n) is 8.00. The van der Waals surface area contributed by atoms with Crippen molar-refractivity contribution in [1.29, 1.82) is 0 Å². The van der Waals surface area contributed by atoms with Crippen molar-refractivity contribution >= 4 is 22.7 Å². The molecule has 2 N–H and O–H groups in total. The molecule has 6 heteroatoms. The van der Waals surface area contributed by atoms with Gasteiger partial charge in [0.05, 0.1) is 11.7 Å². The van der Waals surface area contributed by atoms with Gasteiger partial charge < -0.3 is 20.1 Å². The van der Waals surface area contributed by atoms with Gasteiger partial charge in [-0.1, -0.05) is 80.1 Å². The summed E-state index contributed by atoms with van der Waals surface area (Å²) in [5, 5.41) is 4.15. The molecule has 202 valence electrons. The predicted molar refractivity (Wildman–Crippen MR) is 158 cm³/mol. The predicted octanol–water partition coefficient (Wildman–Crippen LogP) is 5.93. The zero-order chi connectivity index (χ0) is 27.5. The molecule has 0 unspecified atom stereocenters. The quantitative estimate of drug-likeness (QED) is 0.254. The second-order valence-electron chi connectivity index (χ2n) is 10.4. The van der Waals surface area contributed by atoms with E-state index >= 15 is 0 Å². The fraction of sp³-hybridized carbons (Fsp3) is 0.333. The summed E-state index contributed by atoms with van der Waals surface area (Å²) >= 11 is 0. The summed E-state index contributed by atoms with van der Waals surface area (Å²) < 4.78 is 0. The topological polar surface area (TPSA) is 68.4 Å². The monoisotopic (exact) mass is 522 g/mol. The van der Waals surface area contributed by atoms with Crippen molar-refractivity contribution in [3.63, 3.8) is 0 Å². The molecular formula is C33H38N4O2. The van der Waals surface area contributed by atoms with Gasteiger partial charge in [-0.05, 0) is 63.2 Å². The van der Waals surface area contributed by atoms with Gasteiger partial charge in [-0.15, -0.1) is 0 Å². The molecule has 5 rings (SSSR count). The Kier molecular flexibility index (Phi) is 7.84. The highest BCUT2D eigenvalue weighted by molar-refractivity contribution is 6.04. The van der Waals surface area contributed by atoms with Crippen LogP contribution in [0.4, 0.5) is 0 Å². The zero-order valence-electron chi connectivity index (χ0n) is 23.3. The van der Waals surface area contributed by atoms with E-state index in [1.54, 1.807) is 4.90 Å². The SMILES string of the molecule is CCN(CC)CCCNC(=O)[C@H](C)N1C(=O)c2ccccc2[C@@H]1c1c(-c2ccc(C)cc2)[nH]c2ccccc12. The lowest BCUT2D eigenvalue weighted by Crippen LogP contribution is -2.47. The number of nitrogens with zero attached hydrogens (tertiary/aromatic N) is 2. The number of nitrogens with one attached hydrogen (secondary N) is 2. The number of aryl methyl sites for hydroxylation is 1. The van der Waals surface area contributed by atoms with Gasteiger partial charge in [0, 0.05) is 28.6 Å². The van der Waals surface area contributed by atoms with Crippen molar-refractivity contribution in [2.24, 2.45) is 0 Å². The van der Waals surface area contributed by atoms with Crippen LogP contribution in [0.5, 0.6) is 0 Å². The summed E-state index contributed by atoms with van der Waals surface area (Å²) in [7, 11) is 0. The number of amides is 2. The minimum Gasteiger partial charge on any atom is -0.354 e. The van der Waals surface area contributed by atoms with Crippen LogP contribution < -0.4 is 5.32 Å². The molecule has 1 aromatic heterocycles. The maximum Gasteiger partial charge on any atom is 0.255 e. The fourth-order valence-electron chi connectivity index (χ4n) is 5.75. The van der Waals surface area contributed by atoms with E-state index in [4.69, 9.17) is 0 Å². The first-order valence-electron chi connectivity index (χ1n) is 14.0. The molecule has 2 amide bonds. The number of aromatic amines is 1. The van der Waals surface area contributed by atoms with Crippen LogP contribution in [0, 0.1) is 6.92 Å². The van der Waals surface area contributed by atoms with E-state index in [-0.39, 0.29) is 11.8 Å². The Morgan fingerprint density at radius 3 is 2.44 bits per heavy atom. The van der Waals surface area contributed by atoms with Crippen molar-refractivity contribution in [1.82, 2.24) is 20.1 Å². The largest absolute Gasteiger partial charge is 0.354 e. The number of hydrogen-bond donors (Lipinski definition) is 2. The lowest BCUT2D eigenvalue weighted by atomic mass is 9.92. The summed E-state index contributed by atoms with van der Waals surface area (Å²) in [5.41, 5.74) is 6.83. The average Bonchev–Trinajstić information content (AvgIpc) is 3.48. The molecule has 1 aliphatic heterocycles. The third-order valence-corrected chi connectivity index (χ3v) is 8.00. The fourth-order valence-corrected chi connectivity index (χ4v) is 5.75. The number of benzene rings is 3. The highest BCUT2D eigenvalue weighted by atomic mass is 16.2. The molecule has 0 spiro atoms. The van der Waals surface area contributed by atoms with Crippen LogP contribution in [-0.2, 0) is 4.79 Å². The molecule has 0 radical (unpaired) electrons. The van der Waals surface area contributed by atoms with Crippen LogP contribution in [0.15, 0.2) is 72.8 Å². The summed E-state index contributed by atoms with van der Waals surface area (Å²) in [6.07, 6.45) is 0.873. The van der Waals surface area contributed by atoms with Gasteiger partial charge in [-0.25, -0.2) is 0 Å². The number of H-pyrrole nitrogens is 1. The normalized spacial score (nSPS) is 15.7. The van der Waals surface area contributed by atoms with Crippen molar-refractivity contribution in [3.8, 4) is 11.3 Å². The van der Waals surface area contributed by atoms with Crippen LogP contribution in [0.1, 0.15) is 60.3 Å². The average molecular weight is 523 g/mol. The molecule has 0 bridgehead atoms. The summed E-state index contributed by atoms with van der Waals surface area (Å²) in [6.45, 7) is 11.7. The smallest absolute Gasteiger partial charge is 0.255 e. The first-order chi connectivity index (χ1) is 18.9. The first-order valence-corrected chi connectivity index (χ1v) is 14.0. The number of aromatic nitrogens is 1. The molecule has 0 saturated carbocycles. The van der Waals surface area contributed by atoms with Gasteiger partial charge in [-0.2, -0.15) is 0 Å². The van der Waals surface area contributed by atoms with E-state index < -0.39 is 12.1 Å². The van der Waals surface area contributed by atoms with E-state index in [1.165, 1.54) is 5.56 Å². The number of para-hydroxylation sites is 1. The number of hydrogen-bond acceptors (Lipinski definition) is 3. The number of carbonyl (C=O) groups is 2. The molecule has 1 aliphatic rings. The Balaban J connectivity index is 1.54. The zero-order valence-corrected chi connectivity index (χ0v) is 23.3. The van der Waals surface area contributed by atoms with Crippen LogP contribution in [0.3, 0.4) is 0 Å². The van der Waals surface area contributed by atoms with Gasteiger partial charge >= 0.3 is 0 Å². The van der Waals surface area contributed by atoms with E-state index in [0.29, 0.717) is 12.1 Å². The lowest BCUT2D eigenvalue weighted by molar-refractivity contribution is -0.125. The molecule has 0 saturated heterocycles. The van der Waals surface area contributed by atoms with Crippen LogP contribution in [-0.4, -0.2) is 58.8 Å². The Bertz CT molecular complexity index is 1470. The van der Waals surface area contributed by atoms with Crippen LogP contribution >= 0.6 is 0 Å². The Labute approximate surface area is 231 Å². The number of carbonyl (C=O) groups excluding carboxylic acids is 2. The standard InChI is InChI=1S/C33H38N4O2/c1-5-36(6-2)21-11-20-34-32(38)23(4)37-31(25-12-7-8-13-26(25)33(37)39)29-27-14-9-10-15-28(27)35-30(29)24-18-16-22(3)17-19-24/h7-10,12-19,23,31,35H,5-6,11,20-21H2,1-4H3,(H,34,38)/t23-,31+/m0/s1. The van der Waals surface area contributed by atoms with Crippen molar-refractivity contribution in [2.75, 3.05) is 26.2 Å². The minimum atomic E-state index is -0.636. The van der Waals surface area contributed by atoms with E-state index in [1.807, 2.05) is 43.3 Å². The highest BCUT2D eigenvalue weighted by Gasteiger charge is 2.44. The molecule has 4 aromatic rings. The maximum absolute atomic E-state index is 13.9. The Morgan fingerprint density at radius 1 is 1.00 bits per heavy atom. The number of rotatable bonds is 10.